The molecule has 0 unspecified atom stereocenters. The van der Waals surface area contributed by atoms with Crippen molar-refractivity contribution in [2.24, 2.45) is 0 Å². The summed E-state index contributed by atoms with van der Waals surface area (Å²) in [4.78, 5) is 10.7. The van der Waals surface area contributed by atoms with Gasteiger partial charge in [-0.25, -0.2) is 4.79 Å². The van der Waals surface area contributed by atoms with Gasteiger partial charge in [0.05, 0.1) is 0 Å². The van der Waals surface area contributed by atoms with Gasteiger partial charge in [0, 0.05) is 7.05 Å². The van der Waals surface area contributed by atoms with Crippen LogP contribution >= 0.6 is 0 Å². The standard InChI is InChI=1S/C9H11NO2.C3H6.3BF4/c1-10-9(11)12-7-8-5-3-2-4-6-8;1-2-3-1;3*2-1(3,4)5/h2-6H,7H2,1H3,(H,10,11);1-3H2;;;/q;;3*-1. The second-order valence-electron chi connectivity index (χ2n) is 4.86. The molecule has 1 N–H and O–H groups in total. The number of carbonyl (C=O) groups excluding carboxylic acids is 1. The summed E-state index contributed by atoms with van der Waals surface area (Å²) < 4.78 is 122. The Morgan fingerprint density at radius 2 is 1.07 bits per heavy atom. The smallest absolute Gasteiger partial charge is 0.445 e. The van der Waals surface area contributed by atoms with Crippen molar-refractivity contribution in [1.29, 1.82) is 0 Å². The van der Waals surface area contributed by atoms with E-state index in [1.54, 1.807) is 0 Å². The molecular formula is C12H17B3F12NO2-3. The first-order chi connectivity index (χ1) is 13.3. The predicted octanol–water partition coefficient (Wildman–Crippen LogP) is 6.61. The van der Waals surface area contributed by atoms with Gasteiger partial charge in [-0.2, -0.15) is 0 Å². The molecule has 0 bridgehead atoms. The lowest BCUT2D eigenvalue weighted by molar-refractivity contribution is 0.142. The maximum Gasteiger partial charge on any atom is 0.673 e. The number of carbonyl (C=O) groups is 1. The van der Waals surface area contributed by atoms with Gasteiger partial charge in [0.2, 0.25) is 0 Å². The number of nitrogens with one attached hydrogen (secondary N) is 1. The van der Waals surface area contributed by atoms with Crippen LogP contribution in [-0.4, -0.2) is 34.9 Å². The van der Waals surface area contributed by atoms with Crippen molar-refractivity contribution in [2.75, 3.05) is 7.05 Å². The Morgan fingerprint density at radius 1 is 0.767 bits per heavy atom. The molecule has 18 heteroatoms. The summed E-state index contributed by atoms with van der Waals surface area (Å²) in [5.41, 5.74) is 0.987. The third-order valence-corrected chi connectivity index (χ3v) is 1.77. The van der Waals surface area contributed by atoms with Gasteiger partial charge in [-0.15, -0.1) is 0 Å². The molecule has 1 amide bonds. The van der Waals surface area contributed by atoms with Crippen molar-refractivity contribution in [2.45, 2.75) is 25.9 Å². The summed E-state index contributed by atoms with van der Waals surface area (Å²) in [7, 11) is -16.5. The van der Waals surface area contributed by atoms with E-state index in [0.717, 1.165) is 5.56 Å². The largest absolute Gasteiger partial charge is 0.673 e. The van der Waals surface area contributed by atoms with Gasteiger partial charge in [-0.1, -0.05) is 49.6 Å². The molecule has 3 nitrogen and oxygen atoms in total. The van der Waals surface area contributed by atoms with Crippen LogP contribution in [0.4, 0.5) is 56.6 Å². The number of halogens is 12. The van der Waals surface area contributed by atoms with Gasteiger partial charge in [0.1, 0.15) is 6.61 Å². The molecule has 0 spiro atoms. The molecule has 0 heterocycles. The number of hydrogen-bond acceptors (Lipinski definition) is 2. The van der Waals surface area contributed by atoms with Gasteiger partial charge in [0.15, 0.2) is 0 Å². The third kappa shape index (κ3) is 83.2. The molecule has 1 saturated carbocycles. The van der Waals surface area contributed by atoms with Gasteiger partial charge in [-0.05, 0) is 5.56 Å². The highest BCUT2D eigenvalue weighted by molar-refractivity contribution is 6.50. The Kier molecular flexibility index (Phi) is 18.0. The van der Waals surface area contributed by atoms with Crippen molar-refractivity contribution in [3.63, 3.8) is 0 Å². The average molecular weight is 468 g/mol. The molecular weight excluding hydrogens is 451 g/mol. The number of ether oxygens (including phenoxy) is 1. The van der Waals surface area contributed by atoms with Crippen LogP contribution in [0, 0.1) is 0 Å². The summed E-state index contributed by atoms with van der Waals surface area (Å²) in [6.07, 6.45) is 4.10. The fourth-order valence-corrected chi connectivity index (χ4v) is 0.795. The van der Waals surface area contributed by atoms with Gasteiger partial charge >= 0.3 is 27.9 Å². The van der Waals surface area contributed by atoms with Crippen LogP contribution in [0.15, 0.2) is 30.3 Å². The predicted molar refractivity (Wildman–Crippen MR) is 90.1 cm³/mol. The fourth-order valence-electron chi connectivity index (χ4n) is 0.795. The molecule has 2 rings (SSSR count). The van der Waals surface area contributed by atoms with Crippen molar-refractivity contribution >= 4 is 27.9 Å². The van der Waals surface area contributed by atoms with Crippen LogP contribution in [0.3, 0.4) is 0 Å². The number of hydrogen-bond donors (Lipinski definition) is 1. The first-order valence-corrected chi connectivity index (χ1v) is 7.83. The van der Waals surface area contributed by atoms with E-state index < -0.39 is 27.9 Å². The molecule has 0 aromatic heterocycles. The van der Waals surface area contributed by atoms with E-state index in [0.29, 0.717) is 6.61 Å². The van der Waals surface area contributed by atoms with E-state index >= 15 is 0 Å². The SMILES string of the molecule is C1CC1.CNC(=O)OCc1ccccc1.F[B-](F)(F)F.F[B-](F)(F)F.F[B-](F)(F)F. The Morgan fingerprint density at radius 3 is 1.30 bits per heavy atom. The van der Waals surface area contributed by atoms with Crippen molar-refractivity contribution in [3.05, 3.63) is 35.9 Å². The lowest BCUT2D eigenvalue weighted by Gasteiger charge is -2.02. The quantitative estimate of drug-likeness (QED) is 0.392. The molecule has 1 aliphatic rings. The van der Waals surface area contributed by atoms with E-state index in [9.17, 15) is 56.6 Å². The normalized spacial score (nSPS) is 12.0. The summed E-state index contributed by atoms with van der Waals surface area (Å²) in [6, 6.07) is 9.54. The Balaban J connectivity index is -0.000000340. The number of rotatable bonds is 2. The van der Waals surface area contributed by atoms with Crippen LogP contribution in [0.25, 0.3) is 0 Å². The van der Waals surface area contributed by atoms with Crippen LogP contribution in [0.5, 0.6) is 0 Å². The fraction of sp³-hybridized carbons (Fsp3) is 0.417. The Bertz CT molecular complexity index is 489. The molecule has 1 aromatic carbocycles. The number of alkyl carbamates (subject to hydrolysis) is 1. The zero-order valence-electron chi connectivity index (χ0n) is 15.3. The van der Waals surface area contributed by atoms with Crippen LogP contribution < -0.4 is 5.32 Å². The highest BCUT2D eigenvalue weighted by atomic mass is 19.5. The minimum absolute atomic E-state index is 0.320. The third-order valence-electron chi connectivity index (χ3n) is 1.77. The molecule has 0 atom stereocenters. The molecule has 1 fully saturated rings. The van der Waals surface area contributed by atoms with E-state index in [2.05, 4.69) is 5.32 Å². The molecule has 178 valence electrons. The van der Waals surface area contributed by atoms with Gasteiger partial charge in [0.25, 0.3) is 0 Å². The molecule has 0 aliphatic heterocycles. The van der Waals surface area contributed by atoms with E-state index in [1.165, 1.54) is 26.3 Å². The van der Waals surface area contributed by atoms with Crippen LogP contribution in [0.1, 0.15) is 24.8 Å². The van der Waals surface area contributed by atoms with Crippen molar-refractivity contribution in [3.8, 4) is 0 Å². The number of benzene rings is 1. The topological polar surface area (TPSA) is 38.3 Å². The van der Waals surface area contributed by atoms with E-state index in [-0.39, 0.29) is 0 Å². The van der Waals surface area contributed by atoms with Crippen molar-refractivity contribution in [1.82, 2.24) is 5.32 Å². The first kappa shape index (κ1) is 32.5. The Hall–Kier alpha value is -2.16. The van der Waals surface area contributed by atoms with Crippen LogP contribution in [0.2, 0.25) is 0 Å². The molecule has 1 aliphatic carbocycles. The highest BCUT2D eigenvalue weighted by Crippen LogP contribution is 2.14. The lowest BCUT2D eigenvalue weighted by Crippen LogP contribution is -2.18. The summed E-state index contributed by atoms with van der Waals surface area (Å²) in [6.45, 7) is 0.320. The minimum atomic E-state index is -6.00. The second kappa shape index (κ2) is 16.6. The summed E-state index contributed by atoms with van der Waals surface area (Å²) in [5, 5.41) is 2.37. The lowest BCUT2D eigenvalue weighted by atomic mass is 10.2. The second-order valence-corrected chi connectivity index (χ2v) is 4.86. The molecule has 0 saturated heterocycles. The average Bonchev–Trinajstić information content (AvgIpc) is 3.37. The highest BCUT2D eigenvalue weighted by Gasteiger charge is 2.21. The van der Waals surface area contributed by atoms with E-state index in [4.69, 9.17) is 4.74 Å². The van der Waals surface area contributed by atoms with Gasteiger partial charge < -0.3 is 61.8 Å². The minimum Gasteiger partial charge on any atom is -0.445 e. The summed E-state index contributed by atoms with van der Waals surface area (Å²) in [5.74, 6) is 0. The molecule has 30 heavy (non-hydrogen) atoms. The zero-order chi connectivity index (χ0) is 24.4. The van der Waals surface area contributed by atoms with Crippen LogP contribution in [-0.2, 0) is 11.3 Å². The Labute approximate surface area is 164 Å². The molecule has 0 radical (unpaired) electrons. The first-order valence-electron chi connectivity index (χ1n) is 7.83. The zero-order valence-corrected chi connectivity index (χ0v) is 15.3. The van der Waals surface area contributed by atoms with Crippen molar-refractivity contribution < 1.29 is 61.3 Å². The summed E-state index contributed by atoms with van der Waals surface area (Å²) >= 11 is 0. The van der Waals surface area contributed by atoms with Gasteiger partial charge in [-0.3, -0.25) is 0 Å². The maximum atomic E-state index is 10.7. The molecule has 1 aromatic rings. The number of amides is 1. The monoisotopic (exact) mass is 468 g/mol. The maximum absolute atomic E-state index is 10.7. The van der Waals surface area contributed by atoms with E-state index in [1.807, 2.05) is 30.3 Å².